The predicted molar refractivity (Wildman–Crippen MR) is 52.2 cm³/mol. The van der Waals surface area contributed by atoms with Crippen LogP contribution < -0.4 is 5.73 Å². The summed E-state index contributed by atoms with van der Waals surface area (Å²) >= 11 is 4.49. The molecule has 0 heterocycles. The molecule has 1 aliphatic rings. The summed E-state index contributed by atoms with van der Waals surface area (Å²) in [4.78, 5) is 12.1. The van der Waals surface area contributed by atoms with Crippen LogP contribution in [0.5, 0.6) is 0 Å². The normalized spacial score (nSPS) is 16.2. The lowest BCUT2D eigenvalue weighted by molar-refractivity contribution is -0.161. The summed E-state index contributed by atoms with van der Waals surface area (Å²) in [7, 11) is 0. The molecule has 2 N–H and O–H groups in total. The van der Waals surface area contributed by atoms with Gasteiger partial charge in [0.25, 0.3) is 0 Å². The number of nitrogens with two attached hydrogens (primary N) is 1. The molecule has 86 valence electrons. The van der Waals surface area contributed by atoms with Crippen molar-refractivity contribution in [3.8, 4) is 0 Å². The number of carbonyl (C=O) groups excluding carboxylic acids is 1. The first-order chi connectivity index (χ1) is 6.79. The van der Waals surface area contributed by atoms with Crippen molar-refractivity contribution in [2.45, 2.75) is 31.5 Å². The molecule has 1 saturated carbocycles. The zero-order valence-electron chi connectivity index (χ0n) is 7.88. The molecule has 0 saturated heterocycles. The van der Waals surface area contributed by atoms with E-state index in [1.165, 1.54) is 0 Å². The Bertz CT molecular complexity index is 276. The molecule has 1 amide bonds. The molecule has 0 aromatic rings. The van der Waals surface area contributed by atoms with Gasteiger partial charge >= 0.3 is 6.18 Å². The molecule has 1 aliphatic carbocycles. The van der Waals surface area contributed by atoms with Gasteiger partial charge in [0.05, 0.1) is 11.4 Å². The zero-order chi connectivity index (χ0) is 11.6. The lowest BCUT2D eigenvalue weighted by Crippen LogP contribution is -2.41. The van der Waals surface area contributed by atoms with Crippen LogP contribution in [0.25, 0.3) is 0 Å². The summed E-state index contributed by atoms with van der Waals surface area (Å²) in [6, 6.07) is -0.284. The standard InChI is InChI=1S/C8H11F3N2OS/c9-8(10,11)4-13(5-1-2-5)7(14)3-6(12)15/h5H,1-4H2,(H2,12,15). The van der Waals surface area contributed by atoms with E-state index in [0.29, 0.717) is 12.8 Å². The van der Waals surface area contributed by atoms with Crippen LogP contribution in [-0.4, -0.2) is 34.6 Å². The molecule has 3 nitrogen and oxygen atoms in total. The zero-order valence-corrected chi connectivity index (χ0v) is 8.70. The molecule has 15 heavy (non-hydrogen) atoms. The average Bonchev–Trinajstić information content (AvgIpc) is 2.78. The third kappa shape index (κ3) is 4.46. The van der Waals surface area contributed by atoms with E-state index in [0.717, 1.165) is 4.90 Å². The first-order valence-electron chi connectivity index (χ1n) is 4.44. The third-order valence-electron chi connectivity index (χ3n) is 1.98. The minimum atomic E-state index is -4.37. The van der Waals surface area contributed by atoms with Crippen LogP contribution in [0.1, 0.15) is 19.3 Å². The molecular formula is C8H11F3N2OS. The monoisotopic (exact) mass is 240 g/mol. The second kappa shape index (κ2) is 4.34. The highest BCUT2D eigenvalue weighted by Crippen LogP contribution is 2.30. The second-order valence-electron chi connectivity index (χ2n) is 3.51. The maximum atomic E-state index is 12.1. The Hall–Kier alpha value is -0.850. The van der Waals surface area contributed by atoms with Gasteiger partial charge in [0.1, 0.15) is 6.54 Å². The molecule has 0 bridgehead atoms. The molecule has 0 spiro atoms. The highest BCUT2D eigenvalue weighted by Gasteiger charge is 2.40. The summed E-state index contributed by atoms with van der Waals surface area (Å²) in [5.74, 6) is -0.637. The van der Waals surface area contributed by atoms with Gasteiger partial charge in [-0.2, -0.15) is 13.2 Å². The quantitative estimate of drug-likeness (QED) is 0.751. The summed E-state index contributed by atoms with van der Waals surface area (Å²) in [6.07, 6.45) is -3.41. The molecule has 1 rings (SSSR count). The summed E-state index contributed by atoms with van der Waals surface area (Å²) < 4.78 is 36.4. The van der Waals surface area contributed by atoms with Gasteiger partial charge in [0, 0.05) is 6.04 Å². The number of carbonyl (C=O) groups is 1. The first-order valence-corrected chi connectivity index (χ1v) is 4.85. The van der Waals surface area contributed by atoms with E-state index in [1.807, 2.05) is 0 Å². The number of hydrogen-bond acceptors (Lipinski definition) is 2. The number of nitrogens with zero attached hydrogens (tertiary/aromatic N) is 1. The van der Waals surface area contributed by atoms with Crippen molar-refractivity contribution in [3.05, 3.63) is 0 Å². The SMILES string of the molecule is NC(=S)CC(=O)N(CC(F)(F)F)C1CC1. The van der Waals surface area contributed by atoms with Crippen molar-refractivity contribution in [2.75, 3.05) is 6.54 Å². The van der Waals surface area contributed by atoms with Crippen molar-refractivity contribution in [1.82, 2.24) is 4.90 Å². The van der Waals surface area contributed by atoms with E-state index in [2.05, 4.69) is 12.2 Å². The Morgan fingerprint density at radius 3 is 2.33 bits per heavy atom. The average molecular weight is 240 g/mol. The Balaban J connectivity index is 2.57. The molecular weight excluding hydrogens is 229 g/mol. The summed E-state index contributed by atoms with van der Waals surface area (Å²) in [5, 5.41) is 0. The highest BCUT2D eigenvalue weighted by atomic mass is 32.1. The number of rotatable bonds is 4. The third-order valence-corrected chi connectivity index (χ3v) is 2.13. The maximum absolute atomic E-state index is 12.1. The molecule has 0 unspecified atom stereocenters. The van der Waals surface area contributed by atoms with Crippen LogP contribution in [0, 0.1) is 0 Å². The lowest BCUT2D eigenvalue weighted by atomic mass is 10.3. The fourth-order valence-corrected chi connectivity index (χ4v) is 1.37. The Labute approximate surface area is 90.4 Å². The fraction of sp³-hybridized carbons (Fsp3) is 0.750. The van der Waals surface area contributed by atoms with E-state index < -0.39 is 18.6 Å². The van der Waals surface area contributed by atoms with Gasteiger partial charge < -0.3 is 10.6 Å². The molecule has 7 heteroatoms. The Morgan fingerprint density at radius 1 is 1.47 bits per heavy atom. The predicted octanol–water partition coefficient (Wildman–Crippen LogP) is 1.22. The van der Waals surface area contributed by atoms with Gasteiger partial charge in [-0.25, -0.2) is 0 Å². The lowest BCUT2D eigenvalue weighted by Gasteiger charge is -2.23. The van der Waals surface area contributed by atoms with Crippen molar-refractivity contribution in [1.29, 1.82) is 0 Å². The van der Waals surface area contributed by atoms with Crippen LogP contribution in [-0.2, 0) is 4.79 Å². The van der Waals surface area contributed by atoms with Crippen LogP contribution in [0.4, 0.5) is 13.2 Å². The molecule has 0 aromatic heterocycles. The van der Waals surface area contributed by atoms with E-state index in [9.17, 15) is 18.0 Å². The van der Waals surface area contributed by atoms with E-state index in [4.69, 9.17) is 5.73 Å². The number of alkyl halides is 3. The van der Waals surface area contributed by atoms with Gasteiger partial charge in [-0.05, 0) is 12.8 Å². The van der Waals surface area contributed by atoms with Gasteiger partial charge in [0.15, 0.2) is 0 Å². The Morgan fingerprint density at radius 2 is 2.00 bits per heavy atom. The highest BCUT2D eigenvalue weighted by molar-refractivity contribution is 7.80. The molecule has 0 atom stereocenters. The van der Waals surface area contributed by atoms with Crippen LogP contribution in [0.2, 0.25) is 0 Å². The van der Waals surface area contributed by atoms with Crippen molar-refractivity contribution < 1.29 is 18.0 Å². The van der Waals surface area contributed by atoms with Gasteiger partial charge in [-0.15, -0.1) is 0 Å². The van der Waals surface area contributed by atoms with Gasteiger partial charge in [-0.1, -0.05) is 12.2 Å². The summed E-state index contributed by atoms with van der Waals surface area (Å²) in [5.41, 5.74) is 5.12. The molecule has 0 radical (unpaired) electrons. The van der Waals surface area contributed by atoms with Crippen LogP contribution in [0.3, 0.4) is 0 Å². The maximum Gasteiger partial charge on any atom is 0.406 e. The van der Waals surface area contributed by atoms with Gasteiger partial charge in [0.2, 0.25) is 5.91 Å². The Kier molecular flexibility index (Phi) is 3.54. The number of hydrogen-bond donors (Lipinski definition) is 1. The smallest absolute Gasteiger partial charge is 0.393 e. The second-order valence-corrected chi connectivity index (χ2v) is 4.04. The number of halogens is 3. The van der Waals surface area contributed by atoms with E-state index in [-0.39, 0.29) is 17.5 Å². The first kappa shape index (κ1) is 12.2. The van der Waals surface area contributed by atoms with Crippen LogP contribution >= 0.6 is 12.2 Å². The van der Waals surface area contributed by atoms with Gasteiger partial charge in [-0.3, -0.25) is 4.79 Å². The minimum absolute atomic E-state index is 0.0761. The largest absolute Gasteiger partial charge is 0.406 e. The minimum Gasteiger partial charge on any atom is -0.393 e. The van der Waals surface area contributed by atoms with Crippen molar-refractivity contribution in [2.24, 2.45) is 5.73 Å². The number of thiocarbonyl (C=S) groups is 1. The molecule has 0 aliphatic heterocycles. The van der Waals surface area contributed by atoms with Crippen molar-refractivity contribution in [3.63, 3.8) is 0 Å². The fourth-order valence-electron chi connectivity index (χ4n) is 1.25. The van der Waals surface area contributed by atoms with E-state index in [1.54, 1.807) is 0 Å². The molecule has 0 aromatic carbocycles. The van der Waals surface area contributed by atoms with E-state index >= 15 is 0 Å². The summed E-state index contributed by atoms with van der Waals surface area (Å²) in [6.45, 7) is -1.21. The topological polar surface area (TPSA) is 46.3 Å². The number of amides is 1. The van der Waals surface area contributed by atoms with Crippen LogP contribution in [0.15, 0.2) is 0 Å². The van der Waals surface area contributed by atoms with Crippen molar-refractivity contribution >= 4 is 23.1 Å². The molecule has 1 fully saturated rings.